The molecule has 2 aromatic rings. The second-order valence-corrected chi connectivity index (χ2v) is 4.70. The predicted molar refractivity (Wildman–Crippen MR) is 84.1 cm³/mol. The summed E-state index contributed by atoms with van der Waals surface area (Å²) in [5, 5.41) is 7.77. The molecule has 0 bridgehead atoms. The van der Waals surface area contributed by atoms with Gasteiger partial charge in [0.25, 0.3) is 0 Å². The number of ether oxygens (including phenoxy) is 1. The van der Waals surface area contributed by atoms with Gasteiger partial charge >= 0.3 is 6.36 Å². The molecule has 0 aromatic heterocycles. The third-order valence-electron chi connectivity index (χ3n) is 2.98. The van der Waals surface area contributed by atoms with Crippen molar-refractivity contribution in [2.45, 2.75) is 19.7 Å². The summed E-state index contributed by atoms with van der Waals surface area (Å²) >= 11 is 0. The summed E-state index contributed by atoms with van der Waals surface area (Å²) in [6, 6.07) is 13.3. The Hall–Kier alpha value is -2.63. The van der Waals surface area contributed by atoms with Crippen molar-refractivity contribution in [3.63, 3.8) is 0 Å². The normalized spacial score (nSPS) is 12.2. The minimum absolute atomic E-state index is 0.269. The van der Waals surface area contributed by atoms with E-state index in [1.165, 1.54) is 36.0 Å². The Balaban J connectivity index is 1.93. The van der Waals surface area contributed by atoms with E-state index in [-0.39, 0.29) is 5.75 Å². The zero-order valence-corrected chi connectivity index (χ0v) is 12.4. The molecule has 0 N–H and O–H groups in total. The van der Waals surface area contributed by atoms with Crippen molar-refractivity contribution in [1.29, 1.82) is 0 Å². The summed E-state index contributed by atoms with van der Waals surface area (Å²) in [4.78, 5) is 0. The molecular weight excluding hydrogens is 305 g/mol. The molecule has 0 radical (unpaired) electrons. The van der Waals surface area contributed by atoms with E-state index in [9.17, 15) is 13.2 Å². The molecule has 0 aliphatic rings. The highest BCUT2D eigenvalue weighted by Gasteiger charge is 2.30. The third kappa shape index (κ3) is 5.94. The maximum atomic E-state index is 12.0. The summed E-state index contributed by atoms with van der Waals surface area (Å²) in [6.07, 6.45) is -0.651. The number of rotatable bonds is 5. The van der Waals surface area contributed by atoms with Crippen LogP contribution in [0.2, 0.25) is 0 Å². The minimum atomic E-state index is -4.69. The van der Waals surface area contributed by atoms with Gasteiger partial charge in [0.15, 0.2) is 0 Å². The molecule has 0 atom stereocenters. The average Bonchev–Trinajstić information content (AvgIpc) is 2.52. The maximum absolute atomic E-state index is 12.0. The van der Waals surface area contributed by atoms with Crippen LogP contribution in [0.5, 0.6) is 5.75 Å². The maximum Gasteiger partial charge on any atom is 0.573 e. The quantitative estimate of drug-likeness (QED) is 0.585. The van der Waals surface area contributed by atoms with E-state index in [0.29, 0.717) is 5.56 Å². The fraction of sp³-hybridized carbons (Fsp3) is 0.176. The van der Waals surface area contributed by atoms with Crippen molar-refractivity contribution < 1.29 is 17.9 Å². The van der Waals surface area contributed by atoms with Crippen LogP contribution in [-0.2, 0) is 6.42 Å². The number of alkyl halides is 3. The molecule has 0 unspecified atom stereocenters. The van der Waals surface area contributed by atoms with E-state index in [4.69, 9.17) is 0 Å². The lowest BCUT2D eigenvalue weighted by Gasteiger charge is -2.08. The summed E-state index contributed by atoms with van der Waals surface area (Å²) in [7, 11) is 0. The Labute approximate surface area is 132 Å². The molecule has 2 aromatic carbocycles. The standard InChI is InChI=1S/C17H15F3N2O/c1-2-13-3-5-14(6-4-13)11-21-22-12-15-7-9-16(10-8-15)23-17(18,19)20/h3-12H,2H2,1H3. The van der Waals surface area contributed by atoms with Crippen molar-refractivity contribution in [2.75, 3.05) is 0 Å². The van der Waals surface area contributed by atoms with Crippen LogP contribution in [0.15, 0.2) is 58.7 Å². The summed E-state index contributed by atoms with van der Waals surface area (Å²) in [6.45, 7) is 2.08. The van der Waals surface area contributed by atoms with E-state index in [1.54, 1.807) is 6.21 Å². The molecule has 0 heterocycles. The minimum Gasteiger partial charge on any atom is -0.406 e. The Morgan fingerprint density at radius 3 is 1.78 bits per heavy atom. The van der Waals surface area contributed by atoms with Crippen LogP contribution in [0.25, 0.3) is 0 Å². The van der Waals surface area contributed by atoms with Gasteiger partial charge in [-0.3, -0.25) is 0 Å². The largest absolute Gasteiger partial charge is 0.573 e. The first kappa shape index (κ1) is 16.7. The van der Waals surface area contributed by atoms with Crippen molar-refractivity contribution >= 4 is 12.4 Å². The number of halogens is 3. The van der Waals surface area contributed by atoms with Gasteiger partial charge in [0.05, 0.1) is 12.4 Å². The number of hydrogen-bond acceptors (Lipinski definition) is 3. The lowest BCUT2D eigenvalue weighted by atomic mass is 10.1. The van der Waals surface area contributed by atoms with E-state index >= 15 is 0 Å². The molecule has 0 amide bonds. The monoisotopic (exact) mass is 320 g/mol. The zero-order valence-electron chi connectivity index (χ0n) is 12.4. The SMILES string of the molecule is CCc1ccc(C=NN=Cc2ccc(OC(F)(F)F)cc2)cc1. The van der Waals surface area contributed by atoms with E-state index in [1.807, 2.05) is 24.3 Å². The van der Waals surface area contributed by atoms with Gasteiger partial charge in [-0.1, -0.05) is 31.2 Å². The lowest BCUT2D eigenvalue weighted by molar-refractivity contribution is -0.274. The summed E-state index contributed by atoms with van der Waals surface area (Å²) < 4.78 is 39.9. The molecule has 120 valence electrons. The highest BCUT2D eigenvalue weighted by Crippen LogP contribution is 2.22. The Bertz CT molecular complexity index is 674. The molecule has 0 fully saturated rings. The summed E-state index contributed by atoms with van der Waals surface area (Å²) in [5.41, 5.74) is 2.79. The first-order chi connectivity index (χ1) is 11.0. The van der Waals surface area contributed by atoms with Crippen LogP contribution in [0.4, 0.5) is 13.2 Å². The first-order valence-corrected chi connectivity index (χ1v) is 6.97. The molecular formula is C17H15F3N2O. The Kier molecular flexibility index (Phi) is 5.51. The van der Waals surface area contributed by atoms with Gasteiger partial charge in [0.2, 0.25) is 0 Å². The molecule has 0 aliphatic heterocycles. The fourth-order valence-electron chi connectivity index (χ4n) is 1.79. The van der Waals surface area contributed by atoms with Gasteiger partial charge < -0.3 is 4.74 Å². The molecule has 0 saturated heterocycles. The molecule has 0 aliphatic carbocycles. The van der Waals surface area contributed by atoms with Crippen molar-refractivity contribution in [1.82, 2.24) is 0 Å². The summed E-state index contributed by atoms with van der Waals surface area (Å²) in [5.74, 6) is -0.269. The number of nitrogens with zero attached hydrogens (tertiary/aromatic N) is 2. The van der Waals surface area contributed by atoms with Gasteiger partial charge in [-0.15, -0.1) is 13.2 Å². The Morgan fingerprint density at radius 1 is 0.870 bits per heavy atom. The molecule has 0 spiro atoms. The molecule has 23 heavy (non-hydrogen) atoms. The topological polar surface area (TPSA) is 34.0 Å². The molecule has 0 saturated carbocycles. The van der Waals surface area contributed by atoms with Crippen LogP contribution in [0, 0.1) is 0 Å². The zero-order chi connectivity index (χ0) is 16.7. The lowest BCUT2D eigenvalue weighted by Crippen LogP contribution is -2.16. The third-order valence-corrected chi connectivity index (χ3v) is 2.98. The van der Waals surface area contributed by atoms with Crippen LogP contribution in [-0.4, -0.2) is 18.8 Å². The van der Waals surface area contributed by atoms with E-state index in [2.05, 4.69) is 21.9 Å². The number of hydrogen-bond donors (Lipinski definition) is 0. The van der Waals surface area contributed by atoms with Gasteiger partial charge in [-0.25, -0.2) is 0 Å². The van der Waals surface area contributed by atoms with Gasteiger partial charge in [0.1, 0.15) is 5.75 Å². The second kappa shape index (κ2) is 7.58. The Morgan fingerprint density at radius 2 is 1.35 bits per heavy atom. The van der Waals surface area contributed by atoms with E-state index < -0.39 is 6.36 Å². The second-order valence-electron chi connectivity index (χ2n) is 4.70. The van der Waals surface area contributed by atoms with E-state index in [0.717, 1.165) is 12.0 Å². The smallest absolute Gasteiger partial charge is 0.406 e. The van der Waals surface area contributed by atoms with Crippen molar-refractivity contribution in [3.05, 3.63) is 65.2 Å². The van der Waals surface area contributed by atoms with Gasteiger partial charge in [-0.05, 0) is 47.4 Å². The molecule has 3 nitrogen and oxygen atoms in total. The van der Waals surface area contributed by atoms with Crippen LogP contribution in [0.3, 0.4) is 0 Å². The molecule has 6 heteroatoms. The number of benzene rings is 2. The first-order valence-electron chi connectivity index (χ1n) is 6.97. The van der Waals surface area contributed by atoms with Crippen molar-refractivity contribution in [3.8, 4) is 5.75 Å². The van der Waals surface area contributed by atoms with Gasteiger partial charge in [0, 0.05) is 0 Å². The predicted octanol–water partition coefficient (Wildman–Crippen LogP) is 4.60. The van der Waals surface area contributed by atoms with Crippen LogP contribution in [0.1, 0.15) is 23.6 Å². The van der Waals surface area contributed by atoms with Crippen LogP contribution < -0.4 is 4.74 Å². The highest BCUT2D eigenvalue weighted by molar-refractivity contribution is 5.82. The molecule has 2 rings (SSSR count). The number of aryl methyl sites for hydroxylation is 1. The fourth-order valence-corrected chi connectivity index (χ4v) is 1.79. The van der Waals surface area contributed by atoms with Crippen LogP contribution >= 0.6 is 0 Å². The van der Waals surface area contributed by atoms with Gasteiger partial charge in [-0.2, -0.15) is 10.2 Å². The average molecular weight is 320 g/mol. The highest BCUT2D eigenvalue weighted by atomic mass is 19.4. The van der Waals surface area contributed by atoms with Crippen molar-refractivity contribution in [2.24, 2.45) is 10.2 Å².